The summed E-state index contributed by atoms with van der Waals surface area (Å²) < 4.78 is 18.7. The first-order valence-electron chi connectivity index (χ1n) is 8.26. The number of halogens is 1. The maximum atomic E-state index is 13.7. The number of fused-ring (bicyclic) bond motifs is 1. The van der Waals surface area contributed by atoms with Crippen molar-refractivity contribution in [3.05, 3.63) is 71.7 Å². The molecule has 1 aromatic heterocycles. The minimum Gasteiger partial charge on any atom is -0.383 e. The van der Waals surface area contributed by atoms with Crippen LogP contribution in [0.25, 0.3) is 10.9 Å². The van der Waals surface area contributed by atoms with Crippen LogP contribution in [0.1, 0.15) is 23.5 Å². The van der Waals surface area contributed by atoms with Crippen LogP contribution in [0.5, 0.6) is 0 Å². The number of rotatable bonds is 7. The van der Waals surface area contributed by atoms with E-state index in [0.717, 1.165) is 22.0 Å². The molecular weight excluding hydrogens is 319 g/mol. The van der Waals surface area contributed by atoms with Gasteiger partial charge in [-0.15, -0.1) is 0 Å². The summed E-state index contributed by atoms with van der Waals surface area (Å²) in [6.07, 6.45) is 2.15. The van der Waals surface area contributed by atoms with Gasteiger partial charge < -0.3 is 15.0 Å². The fourth-order valence-corrected chi connectivity index (χ4v) is 3.06. The molecule has 0 bridgehead atoms. The molecule has 1 heterocycles. The molecule has 0 saturated heterocycles. The molecule has 25 heavy (non-hydrogen) atoms. The van der Waals surface area contributed by atoms with Crippen LogP contribution in [0.3, 0.4) is 0 Å². The van der Waals surface area contributed by atoms with Crippen LogP contribution >= 0.6 is 0 Å². The molecule has 5 heteroatoms. The molecule has 0 aliphatic rings. The molecule has 3 rings (SSSR count). The Bertz CT molecular complexity index is 860. The number of nitrogens with one attached hydrogen (secondary N) is 2. The maximum Gasteiger partial charge on any atom is 0.221 e. The molecule has 0 aliphatic heterocycles. The summed E-state index contributed by atoms with van der Waals surface area (Å²) in [7, 11) is 1.59. The van der Waals surface area contributed by atoms with E-state index in [-0.39, 0.29) is 24.1 Å². The lowest BCUT2D eigenvalue weighted by Gasteiger charge is -2.17. The topological polar surface area (TPSA) is 54.1 Å². The quantitative estimate of drug-likeness (QED) is 0.646. The minimum absolute atomic E-state index is 0.0865. The monoisotopic (exact) mass is 340 g/mol. The van der Waals surface area contributed by atoms with Crippen LogP contribution in [0.15, 0.2) is 54.7 Å². The van der Waals surface area contributed by atoms with Gasteiger partial charge in [0.15, 0.2) is 0 Å². The molecule has 0 saturated carbocycles. The van der Waals surface area contributed by atoms with E-state index in [0.29, 0.717) is 13.2 Å². The lowest BCUT2D eigenvalue weighted by atomic mass is 9.88. The van der Waals surface area contributed by atoms with Gasteiger partial charge in [0.25, 0.3) is 0 Å². The summed E-state index contributed by atoms with van der Waals surface area (Å²) in [5, 5.41) is 3.88. The summed E-state index contributed by atoms with van der Waals surface area (Å²) in [4.78, 5) is 15.6. The minimum atomic E-state index is -0.304. The lowest BCUT2D eigenvalue weighted by Crippen LogP contribution is -2.28. The third kappa shape index (κ3) is 4.06. The molecule has 0 fully saturated rings. The van der Waals surface area contributed by atoms with E-state index < -0.39 is 0 Å². The van der Waals surface area contributed by atoms with E-state index in [1.165, 1.54) is 12.1 Å². The van der Waals surface area contributed by atoms with Crippen molar-refractivity contribution in [1.29, 1.82) is 0 Å². The molecule has 0 radical (unpaired) electrons. The van der Waals surface area contributed by atoms with Crippen LogP contribution in [-0.2, 0) is 9.53 Å². The largest absolute Gasteiger partial charge is 0.383 e. The molecule has 3 aromatic rings. The Labute approximate surface area is 146 Å². The first-order valence-corrected chi connectivity index (χ1v) is 8.26. The number of para-hydroxylation sites is 1. The highest BCUT2D eigenvalue weighted by atomic mass is 19.1. The Hall–Kier alpha value is -2.66. The van der Waals surface area contributed by atoms with Gasteiger partial charge in [0, 0.05) is 43.1 Å². The van der Waals surface area contributed by atoms with Crippen LogP contribution in [0.2, 0.25) is 0 Å². The van der Waals surface area contributed by atoms with Crippen LogP contribution in [-0.4, -0.2) is 31.2 Å². The molecule has 0 unspecified atom stereocenters. The number of ether oxygens (including phenoxy) is 1. The Balaban J connectivity index is 1.93. The fraction of sp³-hybridized carbons (Fsp3) is 0.250. The van der Waals surface area contributed by atoms with Gasteiger partial charge in [-0.3, -0.25) is 4.79 Å². The van der Waals surface area contributed by atoms with E-state index in [9.17, 15) is 9.18 Å². The van der Waals surface area contributed by atoms with Crippen LogP contribution in [0, 0.1) is 5.82 Å². The second kappa shape index (κ2) is 7.94. The third-order valence-corrected chi connectivity index (χ3v) is 4.27. The highest BCUT2D eigenvalue weighted by Crippen LogP contribution is 2.33. The first-order chi connectivity index (χ1) is 12.2. The van der Waals surface area contributed by atoms with Crippen LogP contribution in [0.4, 0.5) is 4.39 Å². The van der Waals surface area contributed by atoms with Gasteiger partial charge >= 0.3 is 0 Å². The van der Waals surface area contributed by atoms with E-state index in [1.54, 1.807) is 13.2 Å². The number of methoxy groups -OCH3 is 1. The van der Waals surface area contributed by atoms with Gasteiger partial charge in [0.1, 0.15) is 5.82 Å². The van der Waals surface area contributed by atoms with Gasteiger partial charge in [-0.25, -0.2) is 4.39 Å². The number of hydrogen-bond donors (Lipinski definition) is 2. The Morgan fingerprint density at radius 3 is 2.88 bits per heavy atom. The number of benzene rings is 2. The molecule has 1 atom stereocenters. The maximum absolute atomic E-state index is 13.7. The lowest BCUT2D eigenvalue weighted by molar-refractivity contribution is -0.121. The number of carbonyl (C=O) groups excluding carboxylic acids is 1. The van der Waals surface area contributed by atoms with E-state index >= 15 is 0 Å². The summed E-state index contributed by atoms with van der Waals surface area (Å²) in [5.41, 5.74) is 2.77. The summed E-state index contributed by atoms with van der Waals surface area (Å²) >= 11 is 0. The van der Waals surface area contributed by atoms with E-state index in [4.69, 9.17) is 4.74 Å². The zero-order valence-electron chi connectivity index (χ0n) is 14.1. The standard InChI is InChI=1S/C20H21FN2O2/c1-25-10-9-22-20(24)12-17(14-5-4-6-15(21)11-14)18-13-23-19-8-3-2-7-16(18)19/h2-8,11,13,17,23H,9-10,12H2,1H3,(H,22,24)/t17-/m0/s1. The number of hydrogen-bond acceptors (Lipinski definition) is 2. The van der Waals surface area contributed by atoms with Crippen molar-refractivity contribution in [1.82, 2.24) is 10.3 Å². The van der Waals surface area contributed by atoms with Crippen molar-refractivity contribution >= 4 is 16.8 Å². The van der Waals surface area contributed by atoms with Crippen molar-refractivity contribution in [2.45, 2.75) is 12.3 Å². The fourth-order valence-electron chi connectivity index (χ4n) is 3.06. The van der Waals surface area contributed by atoms with Crippen molar-refractivity contribution in [2.24, 2.45) is 0 Å². The predicted octanol–water partition coefficient (Wildman–Crippen LogP) is 3.59. The molecule has 130 valence electrons. The second-order valence-electron chi connectivity index (χ2n) is 5.94. The number of amides is 1. The highest BCUT2D eigenvalue weighted by Gasteiger charge is 2.21. The highest BCUT2D eigenvalue weighted by molar-refractivity contribution is 5.86. The van der Waals surface area contributed by atoms with Crippen LogP contribution < -0.4 is 5.32 Å². The smallest absolute Gasteiger partial charge is 0.221 e. The molecule has 1 amide bonds. The Morgan fingerprint density at radius 2 is 2.08 bits per heavy atom. The van der Waals surface area contributed by atoms with Crippen molar-refractivity contribution in [3.8, 4) is 0 Å². The van der Waals surface area contributed by atoms with Gasteiger partial charge in [0.2, 0.25) is 5.91 Å². The zero-order valence-corrected chi connectivity index (χ0v) is 14.1. The predicted molar refractivity (Wildman–Crippen MR) is 96.0 cm³/mol. The van der Waals surface area contributed by atoms with Crippen molar-refractivity contribution < 1.29 is 13.9 Å². The van der Waals surface area contributed by atoms with Gasteiger partial charge in [-0.05, 0) is 29.3 Å². The van der Waals surface area contributed by atoms with Crippen molar-refractivity contribution in [2.75, 3.05) is 20.3 Å². The second-order valence-corrected chi connectivity index (χ2v) is 5.94. The molecule has 0 spiro atoms. The Kier molecular flexibility index (Phi) is 5.46. The van der Waals surface area contributed by atoms with Gasteiger partial charge in [-0.1, -0.05) is 30.3 Å². The summed E-state index contributed by atoms with van der Waals surface area (Å²) in [6.45, 7) is 0.919. The molecule has 2 N–H and O–H groups in total. The summed E-state index contributed by atoms with van der Waals surface area (Å²) in [6, 6.07) is 14.4. The van der Waals surface area contributed by atoms with E-state index in [1.807, 2.05) is 36.5 Å². The molecular formula is C20H21FN2O2. The van der Waals surface area contributed by atoms with Crippen molar-refractivity contribution in [3.63, 3.8) is 0 Å². The Morgan fingerprint density at radius 1 is 1.24 bits per heavy atom. The SMILES string of the molecule is COCCNC(=O)C[C@@H](c1cccc(F)c1)c1c[nH]c2ccccc12. The average Bonchev–Trinajstić information content (AvgIpc) is 3.04. The van der Waals surface area contributed by atoms with Gasteiger partial charge in [0.05, 0.1) is 6.61 Å². The number of H-pyrrole nitrogens is 1. The average molecular weight is 340 g/mol. The van der Waals surface area contributed by atoms with E-state index in [2.05, 4.69) is 10.3 Å². The number of carbonyl (C=O) groups is 1. The normalized spacial score (nSPS) is 12.2. The molecule has 2 aromatic carbocycles. The zero-order chi connectivity index (χ0) is 17.6. The molecule has 0 aliphatic carbocycles. The first kappa shape index (κ1) is 17.2. The van der Waals surface area contributed by atoms with Gasteiger partial charge in [-0.2, -0.15) is 0 Å². The molecule has 4 nitrogen and oxygen atoms in total. The summed E-state index contributed by atoms with van der Waals surface area (Å²) in [5.74, 6) is -0.617. The number of aromatic amines is 1. The third-order valence-electron chi connectivity index (χ3n) is 4.27. The number of aromatic nitrogens is 1.